The zero-order valence-corrected chi connectivity index (χ0v) is 22.6. The number of rotatable bonds is 7. The summed E-state index contributed by atoms with van der Waals surface area (Å²) < 4.78 is 14.8. The number of pyridine rings is 1. The SMILES string of the molecule is O=C(NCc1cc(Br)ccc1F)N[C@@H](Cc1ccccc1)c1nc(-c2ccc3[nH]c(=O)cc(O)c3c2)c(Cl)[nH]1. The molecule has 5 N–H and O–H groups in total. The first kappa shape index (κ1) is 26.5. The Morgan fingerprint density at radius 2 is 1.87 bits per heavy atom. The highest BCUT2D eigenvalue weighted by Crippen LogP contribution is 2.32. The molecule has 2 aromatic heterocycles. The summed E-state index contributed by atoms with van der Waals surface area (Å²) in [6, 6.07) is 19.1. The molecule has 3 aromatic carbocycles. The Kier molecular flexibility index (Phi) is 7.67. The van der Waals surface area contributed by atoms with Crippen LogP contribution in [0.3, 0.4) is 0 Å². The van der Waals surface area contributed by atoms with Crippen LogP contribution >= 0.6 is 27.5 Å². The summed E-state index contributed by atoms with van der Waals surface area (Å²) in [5.74, 6) is -0.176. The van der Waals surface area contributed by atoms with Gasteiger partial charge in [-0.15, -0.1) is 0 Å². The Bertz CT molecular complexity index is 1720. The molecule has 0 saturated carbocycles. The molecule has 0 aliphatic carbocycles. The van der Waals surface area contributed by atoms with Crippen molar-refractivity contribution < 1.29 is 14.3 Å². The minimum atomic E-state index is -0.601. The van der Waals surface area contributed by atoms with Gasteiger partial charge in [0.1, 0.15) is 28.2 Å². The van der Waals surface area contributed by atoms with Gasteiger partial charge in [0.05, 0.1) is 11.6 Å². The first-order valence-electron chi connectivity index (χ1n) is 11.9. The monoisotopic (exact) mass is 609 g/mol. The van der Waals surface area contributed by atoms with E-state index in [1.807, 2.05) is 30.3 Å². The Morgan fingerprint density at radius 3 is 2.67 bits per heavy atom. The maximum absolute atomic E-state index is 14.1. The summed E-state index contributed by atoms with van der Waals surface area (Å²) in [5, 5.41) is 16.5. The molecule has 198 valence electrons. The van der Waals surface area contributed by atoms with Gasteiger partial charge in [0.25, 0.3) is 5.56 Å². The van der Waals surface area contributed by atoms with Crippen LogP contribution in [0.2, 0.25) is 5.15 Å². The van der Waals surface area contributed by atoms with Crippen LogP contribution in [0.1, 0.15) is 23.0 Å². The number of hydrogen-bond donors (Lipinski definition) is 5. The third kappa shape index (κ3) is 6.13. The van der Waals surface area contributed by atoms with Gasteiger partial charge in [-0.3, -0.25) is 4.79 Å². The number of nitrogens with one attached hydrogen (secondary N) is 4. The zero-order chi connectivity index (χ0) is 27.5. The van der Waals surface area contributed by atoms with E-state index in [2.05, 4.69) is 41.5 Å². The number of amides is 2. The molecule has 2 amide bonds. The average molecular weight is 611 g/mol. The molecule has 0 unspecified atom stereocenters. The molecular formula is C28H22BrClFN5O3. The first-order chi connectivity index (χ1) is 18.8. The molecule has 0 bridgehead atoms. The minimum absolute atomic E-state index is 0.0119. The van der Waals surface area contributed by atoms with Crippen molar-refractivity contribution in [1.29, 1.82) is 0 Å². The highest BCUT2D eigenvalue weighted by molar-refractivity contribution is 9.10. The highest BCUT2D eigenvalue weighted by Gasteiger charge is 2.22. The van der Waals surface area contributed by atoms with Crippen molar-refractivity contribution in [1.82, 2.24) is 25.6 Å². The molecule has 2 heterocycles. The third-order valence-corrected chi connectivity index (χ3v) is 6.90. The van der Waals surface area contributed by atoms with E-state index in [4.69, 9.17) is 11.6 Å². The molecule has 0 radical (unpaired) electrons. The smallest absolute Gasteiger partial charge is 0.315 e. The predicted octanol–water partition coefficient (Wildman–Crippen LogP) is 5.96. The Morgan fingerprint density at radius 1 is 1.08 bits per heavy atom. The lowest BCUT2D eigenvalue weighted by Crippen LogP contribution is -2.39. The van der Waals surface area contributed by atoms with Gasteiger partial charge in [-0.2, -0.15) is 0 Å². The molecule has 11 heteroatoms. The van der Waals surface area contributed by atoms with E-state index in [0.29, 0.717) is 44.4 Å². The Labute approximate surface area is 235 Å². The number of aromatic amines is 2. The first-order valence-corrected chi connectivity index (χ1v) is 13.1. The van der Waals surface area contributed by atoms with Gasteiger partial charge < -0.3 is 25.7 Å². The molecule has 0 spiro atoms. The fourth-order valence-corrected chi connectivity index (χ4v) is 4.89. The number of carbonyl (C=O) groups excluding carboxylic acids is 1. The number of benzene rings is 3. The van der Waals surface area contributed by atoms with Crippen molar-refractivity contribution in [2.45, 2.75) is 19.0 Å². The minimum Gasteiger partial charge on any atom is -0.507 e. The van der Waals surface area contributed by atoms with Gasteiger partial charge in [0.2, 0.25) is 0 Å². The van der Waals surface area contributed by atoms with Crippen LogP contribution in [-0.4, -0.2) is 26.1 Å². The van der Waals surface area contributed by atoms with Crippen LogP contribution in [0.15, 0.2) is 82.1 Å². The second kappa shape index (κ2) is 11.3. The van der Waals surface area contributed by atoms with Crippen molar-refractivity contribution in [2.24, 2.45) is 0 Å². The van der Waals surface area contributed by atoms with Crippen LogP contribution in [0.5, 0.6) is 5.75 Å². The van der Waals surface area contributed by atoms with Crippen LogP contribution in [0.25, 0.3) is 22.2 Å². The fraction of sp³-hybridized carbons (Fsp3) is 0.107. The molecule has 5 aromatic rings. The molecule has 1 atom stereocenters. The van der Waals surface area contributed by atoms with Crippen molar-refractivity contribution in [2.75, 3.05) is 0 Å². The van der Waals surface area contributed by atoms with Crippen molar-refractivity contribution in [3.63, 3.8) is 0 Å². The average Bonchev–Trinajstić information content (AvgIpc) is 3.30. The number of hydrogen-bond acceptors (Lipinski definition) is 4. The summed E-state index contributed by atoms with van der Waals surface area (Å²) >= 11 is 9.85. The van der Waals surface area contributed by atoms with E-state index < -0.39 is 23.4 Å². The largest absolute Gasteiger partial charge is 0.507 e. The number of aromatic hydroxyl groups is 1. The van der Waals surface area contributed by atoms with E-state index in [9.17, 15) is 19.1 Å². The van der Waals surface area contributed by atoms with Gasteiger partial charge in [0.15, 0.2) is 0 Å². The molecule has 0 saturated heterocycles. The summed E-state index contributed by atoms with van der Waals surface area (Å²) in [6.45, 7) is -0.0119. The van der Waals surface area contributed by atoms with Gasteiger partial charge in [-0.1, -0.05) is 63.9 Å². The van der Waals surface area contributed by atoms with E-state index in [0.717, 1.165) is 11.6 Å². The van der Waals surface area contributed by atoms with Gasteiger partial charge in [-0.25, -0.2) is 14.2 Å². The standard InChI is InChI=1S/C28H22BrClFN5O3/c29-18-7-8-20(31)17(11-18)14-32-28(39)34-22(10-15-4-2-1-3-5-15)27-35-25(26(30)36-27)16-6-9-21-19(12-16)23(37)13-24(38)33-21/h1-9,11-13,22H,10,14H2,(H,35,36)(H2,32,34,39)(H2,33,37,38)/t22-/m0/s1. The second-order valence-electron chi connectivity index (χ2n) is 8.87. The number of imidazole rings is 1. The van der Waals surface area contributed by atoms with Crippen LogP contribution in [0.4, 0.5) is 9.18 Å². The third-order valence-electron chi connectivity index (χ3n) is 6.14. The number of carbonyl (C=O) groups is 1. The van der Waals surface area contributed by atoms with Crippen LogP contribution in [0, 0.1) is 5.82 Å². The van der Waals surface area contributed by atoms with E-state index in [-0.39, 0.29) is 17.4 Å². The van der Waals surface area contributed by atoms with E-state index >= 15 is 0 Å². The molecular weight excluding hydrogens is 589 g/mol. The molecule has 8 nitrogen and oxygen atoms in total. The van der Waals surface area contributed by atoms with E-state index in [1.165, 1.54) is 6.07 Å². The molecule has 0 aliphatic rings. The lowest BCUT2D eigenvalue weighted by molar-refractivity contribution is 0.236. The molecule has 5 rings (SSSR count). The number of nitrogens with zero attached hydrogens (tertiary/aromatic N) is 1. The topological polar surface area (TPSA) is 123 Å². The number of urea groups is 1. The van der Waals surface area contributed by atoms with Crippen molar-refractivity contribution >= 4 is 44.5 Å². The predicted molar refractivity (Wildman–Crippen MR) is 151 cm³/mol. The van der Waals surface area contributed by atoms with E-state index in [1.54, 1.807) is 30.3 Å². The normalized spacial score (nSPS) is 11.9. The Hall–Kier alpha value is -4.15. The quantitative estimate of drug-likeness (QED) is 0.156. The summed E-state index contributed by atoms with van der Waals surface area (Å²) in [5.41, 5.74) is 2.36. The van der Waals surface area contributed by atoms with Gasteiger partial charge in [0, 0.05) is 33.6 Å². The lowest BCUT2D eigenvalue weighted by atomic mass is 10.1. The van der Waals surface area contributed by atoms with Crippen LogP contribution < -0.4 is 16.2 Å². The molecule has 39 heavy (non-hydrogen) atoms. The highest BCUT2D eigenvalue weighted by atomic mass is 79.9. The fourth-order valence-electron chi connectivity index (χ4n) is 4.24. The maximum Gasteiger partial charge on any atom is 0.315 e. The number of fused-ring (bicyclic) bond motifs is 1. The molecule has 0 fully saturated rings. The van der Waals surface area contributed by atoms with Crippen LogP contribution in [-0.2, 0) is 13.0 Å². The summed E-state index contributed by atoms with van der Waals surface area (Å²) in [7, 11) is 0. The lowest BCUT2D eigenvalue weighted by Gasteiger charge is -2.18. The van der Waals surface area contributed by atoms with Gasteiger partial charge >= 0.3 is 6.03 Å². The summed E-state index contributed by atoms with van der Waals surface area (Å²) in [4.78, 5) is 34.9. The number of H-pyrrole nitrogens is 2. The van der Waals surface area contributed by atoms with Gasteiger partial charge in [-0.05, 0) is 42.3 Å². The zero-order valence-electron chi connectivity index (χ0n) is 20.3. The maximum atomic E-state index is 14.1. The number of halogens is 3. The van der Waals surface area contributed by atoms with Crippen molar-refractivity contribution in [3.8, 4) is 17.0 Å². The Balaban J connectivity index is 1.42. The molecule has 0 aliphatic heterocycles. The second-order valence-corrected chi connectivity index (χ2v) is 10.2. The summed E-state index contributed by atoms with van der Waals surface area (Å²) in [6.07, 6.45) is 0.405. The number of aromatic nitrogens is 3. The van der Waals surface area contributed by atoms with Crippen molar-refractivity contribution in [3.05, 3.63) is 116 Å².